The molecule has 1 fully saturated rings. The third-order valence-corrected chi connectivity index (χ3v) is 5.32. The Morgan fingerprint density at radius 3 is 2.25 bits per heavy atom. The van der Waals surface area contributed by atoms with Gasteiger partial charge in [-0.3, -0.25) is 0 Å². The molecule has 0 unspecified atom stereocenters. The highest BCUT2D eigenvalue weighted by Gasteiger charge is 2.21. The monoisotopic (exact) mass is 381 g/mol. The number of aromatic nitrogens is 2. The Balaban J connectivity index is 1.90. The molecule has 152 valence electrons. The number of rotatable bonds is 3. The maximum Gasteiger partial charge on any atom is 0.227 e. The minimum atomic E-state index is 0.0818. The van der Waals surface area contributed by atoms with Crippen molar-refractivity contribution in [1.82, 2.24) is 9.97 Å². The first-order valence-corrected chi connectivity index (χ1v) is 10.3. The second-order valence-corrected chi connectivity index (χ2v) is 10.0. The second-order valence-electron chi connectivity index (χ2n) is 10.0. The van der Waals surface area contributed by atoms with Gasteiger partial charge in [0, 0.05) is 31.0 Å². The Labute approximate surface area is 169 Å². The molecule has 2 heterocycles. The molecule has 0 radical (unpaired) electrons. The van der Waals surface area contributed by atoms with Gasteiger partial charge >= 0.3 is 0 Å². The molecule has 5 heteroatoms. The Morgan fingerprint density at radius 2 is 1.68 bits per heavy atom. The molecule has 3 rings (SSSR count). The van der Waals surface area contributed by atoms with Crippen molar-refractivity contribution in [2.75, 3.05) is 23.3 Å². The Morgan fingerprint density at radius 1 is 1.04 bits per heavy atom. The predicted octanol–water partition coefficient (Wildman–Crippen LogP) is 4.74. The summed E-state index contributed by atoms with van der Waals surface area (Å²) in [5, 5.41) is 3.51. The fraction of sp³-hybridized carbons (Fsp3) is 0.565. The van der Waals surface area contributed by atoms with Gasteiger partial charge in [0.25, 0.3) is 0 Å². The van der Waals surface area contributed by atoms with E-state index >= 15 is 0 Å². The molecular weight excluding hydrogens is 346 g/mol. The van der Waals surface area contributed by atoms with E-state index in [2.05, 4.69) is 74.9 Å². The summed E-state index contributed by atoms with van der Waals surface area (Å²) in [5.74, 6) is 1.57. The zero-order chi connectivity index (χ0) is 20.5. The van der Waals surface area contributed by atoms with E-state index in [9.17, 15) is 0 Å². The first-order chi connectivity index (χ1) is 13.0. The summed E-state index contributed by atoms with van der Waals surface area (Å²) in [6, 6.07) is 8.91. The number of benzene rings is 1. The molecule has 0 aliphatic carbocycles. The highest BCUT2D eigenvalue weighted by Crippen LogP contribution is 2.33. The number of nitrogens with one attached hydrogen (secondary N) is 1. The lowest BCUT2D eigenvalue weighted by Gasteiger charge is -2.30. The van der Waals surface area contributed by atoms with Crippen LogP contribution in [0, 0.1) is 0 Å². The lowest BCUT2D eigenvalue weighted by molar-refractivity contribution is 0.500. The van der Waals surface area contributed by atoms with Crippen molar-refractivity contribution in [1.29, 1.82) is 0 Å². The van der Waals surface area contributed by atoms with Gasteiger partial charge in [0.2, 0.25) is 5.95 Å². The van der Waals surface area contributed by atoms with Gasteiger partial charge in [0.05, 0.1) is 0 Å². The van der Waals surface area contributed by atoms with Crippen LogP contribution in [0.3, 0.4) is 0 Å². The number of hydrogen-bond donors (Lipinski definition) is 2. The fourth-order valence-corrected chi connectivity index (χ4v) is 3.48. The van der Waals surface area contributed by atoms with Crippen LogP contribution in [-0.2, 0) is 10.8 Å². The molecule has 1 aromatic carbocycles. The van der Waals surface area contributed by atoms with E-state index in [4.69, 9.17) is 10.7 Å². The molecule has 0 bridgehead atoms. The van der Waals surface area contributed by atoms with Crippen molar-refractivity contribution in [3.05, 3.63) is 41.6 Å². The van der Waals surface area contributed by atoms with Crippen LogP contribution in [0.2, 0.25) is 0 Å². The topological polar surface area (TPSA) is 67.1 Å². The minimum absolute atomic E-state index is 0.0818. The standard InChI is InChI=1S/C23H35N5/c1-22(2,3)16-12-17(23(4,5)6)14-19(13-16)26-20-9-10-25-21(27-20)28-11-7-8-18(24)15-28/h9-10,12-14,18H,7-8,11,15,24H2,1-6H3,(H,25,26,27)/t18-/m0/s1. The first-order valence-electron chi connectivity index (χ1n) is 10.3. The molecule has 1 aromatic heterocycles. The maximum atomic E-state index is 6.13. The van der Waals surface area contributed by atoms with Crippen molar-refractivity contribution in [2.24, 2.45) is 5.73 Å². The summed E-state index contributed by atoms with van der Waals surface area (Å²) >= 11 is 0. The normalized spacial score (nSPS) is 18.2. The van der Waals surface area contributed by atoms with Crippen LogP contribution < -0.4 is 16.0 Å². The lowest BCUT2D eigenvalue weighted by Crippen LogP contribution is -2.43. The molecule has 3 N–H and O–H groups in total. The van der Waals surface area contributed by atoms with E-state index in [0.29, 0.717) is 0 Å². The summed E-state index contributed by atoms with van der Waals surface area (Å²) in [6.45, 7) is 15.3. The summed E-state index contributed by atoms with van der Waals surface area (Å²) in [5.41, 5.74) is 9.99. The Bertz CT molecular complexity index is 784. The molecule has 1 saturated heterocycles. The number of hydrogen-bond acceptors (Lipinski definition) is 5. The van der Waals surface area contributed by atoms with Crippen LogP contribution in [0.25, 0.3) is 0 Å². The Hall–Kier alpha value is -2.14. The van der Waals surface area contributed by atoms with Crippen LogP contribution in [0.5, 0.6) is 0 Å². The van der Waals surface area contributed by atoms with Gasteiger partial charge in [-0.1, -0.05) is 47.6 Å². The summed E-state index contributed by atoms with van der Waals surface area (Å²) in [6.07, 6.45) is 3.98. The predicted molar refractivity (Wildman–Crippen MR) is 119 cm³/mol. The zero-order valence-corrected chi connectivity index (χ0v) is 18.2. The first kappa shape index (κ1) is 20.6. The summed E-state index contributed by atoms with van der Waals surface area (Å²) in [7, 11) is 0. The highest BCUT2D eigenvalue weighted by atomic mass is 15.3. The van der Waals surface area contributed by atoms with Gasteiger partial charge < -0.3 is 16.0 Å². The molecule has 5 nitrogen and oxygen atoms in total. The Kier molecular flexibility index (Phi) is 5.67. The SMILES string of the molecule is CC(C)(C)c1cc(Nc2ccnc(N3CCC[C@H](N)C3)n2)cc(C(C)(C)C)c1. The van der Waals surface area contributed by atoms with E-state index in [0.717, 1.165) is 43.4 Å². The number of nitrogens with zero attached hydrogens (tertiary/aromatic N) is 3. The van der Waals surface area contributed by atoms with Gasteiger partial charge in [-0.15, -0.1) is 0 Å². The van der Waals surface area contributed by atoms with Crippen LogP contribution in [-0.4, -0.2) is 29.1 Å². The molecule has 28 heavy (non-hydrogen) atoms. The summed E-state index contributed by atoms with van der Waals surface area (Å²) < 4.78 is 0. The highest BCUT2D eigenvalue weighted by molar-refractivity contribution is 5.60. The van der Waals surface area contributed by atoms with Gasteiger partial charge in [0.15, 0.2) is 0 Å². The number of anilines is 3. The van der Waals surface area contributed by atoms with Crippen LogP contribution in [0.4, 0.5) is 17.5 Å². The van der Waals surface area contributed by atoms with Crippen molar-refractivity contribution in [2.45, 2.75) is 71.3 Å². The average molecular weight is 382 g/mol. The zero-order valence-electron chi connectivity index (χ0n) is 18.2. The van der Waals surface area contributed by atoms with Crippen LogP contribution >= 0.6 is 0 Å². The third kappa shape index (κ3) is 5.02. The van der Waals surface area contributed by atoms with Crippen molar-refractivity contribution >= 4 is 17.5 Å². The average Bonchev–Trinajstić information content (AvgIpc) is 2.60. The largest absolute Gasteiger partial charge is 0.340 e. The maximum absolute atomic E-state index is 6.13. The van der Waals surface area contributed by atoms with E-state index in [1.165, 1.54) is 11.1 Å². The van der Waals surface area contributed by atoms with Crippen LogP contribution in [0.1, 0.15) is 65.5 Å². The fourth-order valence-electron chi connectivity index (χ4n) is 3.48. The van der Waals surface area contributed by atoms with Crippen molar-refractivity contribution in [3.63, 3.8) is 0 Å². The van der Waals surface area contributed by atoms with E-state index in [1.54, 1.807) is 0 Å². The van der Waals surface area contributed by atoms with E-state index < -0.39 is 0 Å². The van der Waals surface area contributed by atoms with Crippen LogP contribution in [0.15, 0.2) is 30.5 Å². The quantitative estimate of drug-likeness (QED) is 0.803. The van der Waals surface area contributed by atoms with Crippen molar-refractivity contribution < 1.29 is 0 Å². The molecule has 1 aliphatic rings. The third-order valence-electron chi connectivity index (χ3n) is 5.32. The van der Waals surface area contributed by atoms with E-state index in [1.807, 2.05) is 12.3 Å². The molecular formula is C23H35N5. The summed E-state index contributed by atoms with van der Waals surface area (Å²) in [4.78, 5) is 11.4. The molecule has 0 amide bonds. The smallest absolute Gasteiger partial charge is 0.227 e. The molecule has 1 atom stereocenters. The van der Waals surface area contributed by atoms with Crippen molar-refractivity contribution in [3.8, 4) is 0 Å². The van der Waals surface area contributed by atoms with Gasteiger partial charge in [0.1, 0.15) is 5.82 Å². The lowest BCUT2D eigenvalue weighted by atomic mass is 9.80. The molecule has 0 saturated carbocycles. The van der Waals surface area contributed by atoms with Gasteiger partial charge in [-0.25, -0.2) is 4.98 Å². The molecule has 0 spiro atoms. The second kappa shape index (κ2) is 7.70. The van der Waals surface area contributed by atoms with Gasteiger partial charge in [-0.05, 0) is 53.0 Å². The minimum Gasteiger partial charge on any atom is -0.340 e. The number of nitrogens with two attached hydrogens (primary N) is 1. The van der Waals surface area contributed by atoms with Gasteiger partial charge in [-0.2, -0.15) is 4.98 Å². The van der Waals surface area contributed by atoms with E-state index in [-0.39, 0.29) is 16.9 Å². The molecule has 1 aliphatic heterocycles. The molecule has 2 aromatic rings. The number of piperidine rings is 1.